The summed E-state index contributed by atoms with van der Waals surface area (Å²) in [5.74, 6) is 0.440. The van der Waals surface area contributed by atoms with E-state index in [0.717, 1.165) is 37.7 Å². The van der Waals surface area contributed by atoms with Crippen LogP contribution in [0.4, 0.5) is 0 Å². The highest BCUT2D eigenvalue weighted by Gasteiger charge is 2.46. The monoisotopic (exact) mass is 266 g/mol. The number of nitrogens with two attached hydrogens (primary N) is 1. The van der Waals surface area contributed by atoms with E-state index in [2.05, 4.69) is 12.1 Å². The molecule has 0 aliphatic heterocycles. The van der Waals surface area contributed by atoms with Gasteiger partial charge in [0.1, 0.15) is 0 Å². The first-order valence-electron chi connectivity index (χ1n) is 7.11. The molecule has 3 rings (SSSR count). The molecule has 0 saturated heterocycles. The molecule has 1 aromatic carbocycles. The van der Waals surface area contributed by atoms with Crippen molar-refractivity contribution in [3.8, 4) is 6.07 Å². The third-order valence-electron chi connectivity index (χ3n) is 4.85. The molecule has 3 heteroatoms. The number of allylic oxidation sites excluding steroid dienone is 1. The number of hydrogen-bond acceptors (Lipinski definition) is 2. The predicted octanol–water partition coefficient (Wildman–Crippen LogP) is 2.59. The van der Waals surface area contributed by atoms with Crippen LogP contribution in [0.5, 0.6) is 0 Å². The van der Waals surface area contributed by atoms with E-state index >= 15 is 0 Å². The zero-order chi connectivity index (χ0) is 14.2. The average molecular weight is 266 g/mol. The molecule has 2 bridgehead atoms. The maximum absolute atomic E-state index is 11.9. The normalized spacial score (nSPS) is 27.9. The SMILES string of the molecule is N#CC=Cc1ccc2c(c1)CC1(C(N)=O)CCC(C2)C1. The Morgan fingerprint density at radius 1 is 1.45 bits per heavy atom. The molecule has 1 fully saturated rings. The number of carbonyl (C=O) groups excluding carboxylic acids is 1. The summed E-state index contributed by atoms with van der Waals surface area (Å²) in [6.07, 6.45) is 8.05. The molecule has 1 saturated carbocycles. The van der Waals surface area contributed by atoms with Gasteiger partial charge in [-0.2, -0.15) is 5.26 Å². The van der Waals surface area contributed by atoms with Crippen LogP contribution in [-0.2, 0) is 17.6 Å². The van der Waals surface area contributed by atoms with Gasteiger partial charge in [0, 0.05) is 6.08 Å². The summed E-state index contributed by atoms with van der Waals surface area (Å²) in [4.78, 5) is 11.9. The van der Waals surface area contributed by atoms with Gasteiger partial charge in [-0.25, -0.2) is 0 Å². The summed E-state index contributed by atoms with van der Waals surface area (Å²) in [6.45, 7) is 0. The van der Waals surface area contributed by atoms with Crippen LogP contribution in [0.1, 0.15) is 36.0 Å². The van der Waals surface area contributed by atoms with Crippen LogP contribution in [0.2, 0.25) is 0 Å². The second kappa shape index (κ2) is 4.79. The van der Waals surface area contributed by atoms with Crippen molar-refractivity contribution in [2.24, 2.45) is 17.1 Å². The minimum Gasteiger partial charge on any atom is -0.369 e. The highest BCUT2D eigenvalue weighted by atomic mass is 16.1. The number of fused-ring (bicyclic) bond motifs is 3. The van der Waals surface area contributed by atoms with E-state index in [0.29, 0.717) is 5.92 Å². The van der Waals surface area contributed by atoms with Gasteiger partial charge in [0.05, 0.1) is 11.5 Å². The Bertz CT molecular complexity index is 626. The molecule has 0 aromatic heterocycles. The molecule has 2 aliphatic carbocycles. The molecule has 2 unspecified atom stereocenters. The van der Waals surface area contributed by atoms with E-state index in [1.54, 1.807) is 6.08 Å². The first kappa shape index (κ1) is 12.9. The highest BCUT2D eigenvalue weighted by Crippen LogP contribution is 2.48. The fourth-order valence-electron chi connectivity index (χ4n) is 3.81. The fourth-order valence-corrected chi connectivity index (χ4v) is 3.81. The van der Waals surface area contributed by atoms with Gasteiger partial charge in [-0.1, -0.05) is 18.2 Å². The number of hydrogen-bond donors (Lipinski definition) is 1. The lowest BCUT2D eigenvalue weighted by molar-refractivity contribution is -0.127. The minimum atomic E-state index is -0.340. The van der Waals surface area contributed by atoms with Crippen LogP contribution in [0, 0.1) is 22.7 Å². The first-order chi connectivity index (χ1) is 9.63. The molecule has 0 radical (unpaired) electrons. The lowest BCUT2D eigenvalue weighted by Gasteiger charge is -2.25. The number of primary amides is 1. The van der Waals surface area contributed by atoms with Crippen LogP contribution in [0.15, 0.2) is 24.3 Å². The number of nitriles is 1. The van der Waals surface area contributed by atoms with Gasteiger partial charge in [-0.3, -0.25) is 4.79 Å². The molecule has 2 aliphatic rings. The molecule has 1 aromatic rings. The summed E-state index contributed by atoms with van der Waals surface area (Å²) < 4.78 is 0. The van der Waals surface area contributed by atoms with Gasteiger partial charge < -0.3 is 5.73 Å². The van der Waals surface area contributed by atoms with Crippen molar-refractivity contribution in [1.82, 2.24) is 0 Å². The number of benzene rings is 1. The highest BCUT2D eigenvalue weighted by molar-refractivity contribution is 5.82. The zero-order valence-corrected chi connectivity index (χ0v) is 11.4. The quantitative estimate of drug-likeness (QED) is 0.836. The number of carbonyl (C=O) groups is 1. The van der Waals surface area contributed by atoms with Crippen molar-refractivity contribution in [2.75, 3.05) is 0 Å². The topological polar surface area (TPSA) is 66.9 Å². The molecule has 102 valence electrons. The summed E-state index contributed by atoms with van der Waals surface area (Å²) in [5.41, 5.74) is 8.93. The van der Waals surface area contributed by atoms with Crippen molar-refractivity contribution in [1.29, 1.82) is 5.26 Å². The Labute approximate surface area is 119 Å². The van der Waals surface area contributed by atoms with Crippen molar-refractivity contribution in [3.05, 3.63) is 41.0 Å². The fraction of sp³-hybridized carbons (Fsp3) is 0.412. The van der Waals surface area contributed by atoms with Crippen LogP contribution < -0.4 is 5.73 Å². The lowest BCUT2D eigenvalue weighted by Crippen LogP contribution is -2.36. The van der Waals surface area contributed by atoms with E-state index in [9.17, 15) is 4.79 Å². The molecule has 0 spiro atoms. The van der Waals surface area contributed by atoms with Gasteiger partial charge in [0.25, 0.3) is 0 Å². The predicted molar refractivity (Wildman–Crippen MR) is 77.5 cm³/mol. The maximum atomic E-state index is 11.9. The molecule has 1 amide bonds. The van der Waals surface area contributed by atoms with Crippen LogP contribution in [0.3, 0.4) is 0 Å². The Balaban J connectivity index is 2.00. The maximum Gasteiger partial charge on any atom is 0.223 e. The Morgan fingerprint density at radius 2 is 2.30 bits per heavy atom. The molecular weight excluding hydrogens is 248 g/mol. The number of nitrogens with zero attached hydrogens (tertiary/aromatic N) is 1. The zero-order valence-electron chi connectivity index (χ0n) is 11.4. The van der Waals surface area contributed by atoms with Gasteiger partial charge in [0.2, 0.25) is 5.91 Å². The summed E-state index contributed by atoms with van der Waals surface area (Å²) in [5, 5.41) is 8.61. The molecule has 0 heterocycles. The second-order valence-electron chi connectivity index (χ2n) is 6.12. The van der Waals surface area contributed by atoms with Crippen molar-refractivity contribution < 1.29 is 4.79 Å². The minimum absolute atomic E-state index is 0.147. The van der Waals surface area contributed by atoms with Crippen LogP contribution >= 0.6 is 0 Å². The molecule has 3 nitrogen and oxygen atoms in total. The molecule has 2 atom stereocenters. The third kappa shape index (κ3) is 2.12. The largest absolute Gasteiger partial charge is 0.369 e. The van der Waals surface area contributed by atoms with Gasteiger partial charge >= 0.3 is 0 Å². The van der Waals surface area contributed by atoms with Gasteiger partial charge in [-0.15, -0.1) is 0 Å². The summed E-state index contributed by atoms with van der Waals surface area (Å²) in [6, 6.07) is 8.30. The standard InChI is InChI=1S/C17H18N2O/c18-7-1-2-12-3-4-14-9-13-5-6-17(10-13,16(19)20)11-15(14)8-12/h1-4,8,13H,5-6,9-11H2,(H2,19,20). The van der Waals surface area contributed by atoms with E-state index in [1.165, 1.54) is 17.2 Å². The third-order valence-corrected chi connectivity index (χ3v) is 4.85. The smallest absolute Gasteiger partial charge is 0.223 e. The average Bonchev–Trinajstić information content (AvgIpc) is 2.74. The summed E-state index contributed by atoms with van der Waals surface area (Å²) in [7, 11) is 0. The van der Waals surface area contributed by atoms with E-state index in [-0.39, 0.29) is 11.3 Å². The lowest BCUT2D eigenvalue weighted by atomic mass is 9.79. The second-order valence-corrected chi connectivity index (χ2v) is 6.12. The Kier molecular flexibility index (Phi) is 3.10. The van der Waals surface area contributed by atoms with Crippen molar-refractivity contribution in [3.63, 3.8) is 0 Å². The Hall–Kier alpha value is -2.08. The molecule has 2 N–H and O–H groups in total. The van der Waals surface area contributed by atoms with Crippen molar-refractivity contribution >= 4 is 12.0 Å². The van der Waals surface area contributed by atoms with Gasteiger partial charge in [0.15, 0.2) is 0 Å². The van der Waals surface area contributed by atoms with E-state index < -0.39 is 0 Å². The number of amides is 1. The van der Waals surface area contributed by atoms with E-state index in [4.69, 9.17) is 11.0 Å². The van der Waals surface area contributed by atoms with Crippen LogP contribution in [-0.4, -0.2) is 5.91 Å². The van der Waals surface area contributed by atoms with Crippen LogP contribution in [0.25, 0.3) is 6.08 Å². The molecule has 20 heavy (non-hydrogen) atoms. The molecular formula is C17H18N2O. The van der Waals surface area contributed by atoms with Gasteiger partial charge in [-0.05, 0) is 60.8 Å². The van der Waals surface area contributed by atoms with E-state index in [1.807, 2.05) is 12.1 Å². The first-order valence-corrected chi connectivity index (χ1v) is 7.11. The summed E-state index contributed by atoms with van der Waals surface area (Å²) >= 11 is 0. The Morgan fingerprint density at radius 3 is 3.05 bits per heavy atom. The number of rotatable bonds is 2. The van der Waals surface area contributed by atoms with Crippen molar-refractivity contribution in [2.45, 2.75) is 32.1 Å².